The molecule has 0 saturated carbocycles. The fourth-order valence-corrected chi connectivity index (χ4v) is 4.13. The lowest BCUT2D eigenvalue weighted by Crippen LogP contribution is -2.36. The SMILES string of the molecule is CCOC(=O)C1(c2ccccc2OCCCCCN(CC)CC)CSC=N1. The highest BCUT2D eigenvalue weighted by atomic mass is 32.2. The van der Waals surface area contributed by atoms with Gasteiger partial charge in [-0.25, -0.2) is 4.79 Å². The van der Waals surface area contributed by atoms with E-state index in [2.05, 4.69) is 23.7 Å². The van der Waals surface area contributed by atoms with Gasteiger partial charge in [0.25, 0.3) is 0 Å². The summed E-state index contributed by atoms with van der Waals surface area (Å²) in [5, 5.41) is 0. The monoisotopic (exact) mass is 392 g/mol. The highest BCUT2D eigenvalue weighted by Gasteiger charge is 2.45. The fraction of sp³-hybridized carbons (Fsp3) is 0.619. The quantitative estimate of drug-likeness (QED) is 0.396. The predicted molar refractivity (Wildman–Crippen MR) is 113 cm³/mol. The summed E-state index contributed by atoms with van der Waals surface area (Å²) in [6.45, 7) is 10.6. The number of esters is 1. The minimum atomic E-state index is -0.986. The van der Waals surface area contributed by atoms with E-state index in [1.807, 2.05) is 31.2 Å². The van der Waals surface area contributed by atoms with Gasteiger partial charge in [0.1, 0.15) is 5.75 Å². The second kappa shape index (κ2) is 11.3. The van der Waals surface area contributed by atoms with Gasteiger partial charge in [-0.3, -0.25) is 4.99 Å². The lowest BCUT2D eigenvalue weighted by molar-refractivity contribution is -0.148. The van der Waals surface area contributed by atoms with E-state index in [1.165, 1.54) is 18.2 Å². The Morgan fingerprint density at radius 2 is 1.96 bits per heavy atom. The van der Waals surface area contributed by atoms with Crippen LogP contribution in [0.4, 0.5) is 0 Å². The number of benzene rings is 1. The van der Waals surface area contributed by atoms with Crippen molar-refractivity contribution in [2.45, 2.75) is 45.6 Å². The molecule has 0 fully saturated rings. The Labute approximate surface area is 167 Å². The summed E-state index contributed by atoms with van der Waals surface area (Å²) >= 11 is 1.53. The van der Waals surface area contributed by atoms with Crippen LogP contribution in [0.5, 0.6) is 5.75 Å². The molecule has 1 heterocycles. The molecule has 150 valence electrons. The molecule has 1 atom stereocenters. The average Bonchev–Trinajstić information content (AvgIpc) is 3.19. The van der Waals surface area contributed by atoms with Crippen LogP contribution in [0.1, 0.15) is 45.6 Å². The van der Waals surface area contributed by atoms with Crippen LogP contribution in [0.2, 0.25) is 0 Å². The van der Waals surface area contributed by atoms with Gasteiger partial charge < -0.3 is 14.4 Å². The average molecular weight is 393 g/mol. The Kier molecular flexibility index (Phi) is 9.15. The molecule has 0 saturated heterocycles. The summed E-state index contributed by atoms with van der Waals surface area (Å²) in [5.74, 6) is 0.978. The molecule has 0 bridgehead atoms. The van der Waals surface area contributed by atoms with Crippen molar-refractivity contribution in [1.82, 2.24) is 4.90 Å². The molecule has 27 heavy (non-hydrogen) atoms. The van der Waals surface area contributed by atoms with Gasteiger partial charge in [0.15, 0.2) is 5.54 Å². The third-order valence-electron chi connectivity index (χ3n) is 4.86. The van der Waals surface area contributed by atoms with Gasteiger partial charge in [0.2, 0.25) is 0 Å². The van der Waals surface area contributed by atoms with E-state index >= 15 is 0 Å². The van der Waals surface area contributed by atoms with E-state index in [0.29, 0.717) is 19.0 Å². The zero-order chi connectivity index (χ0) is 19.5. The Hall–Kier alpha value is -1.53. The van der Waals surface area contributed by atoms with Crippen molar-refractivity contribution < 1.29 is 14.3 Å². The lowest BCUT2D eigenvalue weighted by atomic mass is 9.91. The number of ether oxygens (including phenoxy) is 2. The first kappa shape index (κ1) is 21.8. The highest BCUT2D eigenvalue weighted by molar-refractivity contribution is 8.12. The van der Waals surface area contributed by atoms with E-state index < -0.39 is 5.54 Å². The first-order chi connectivity index (χ1) is 13.2. The number of aliphatic imine (C=N–C) groups is 1. The van der Waals surface area contributed by atoms with E-state index in [-0.39, 0.29) is 5.97 Å². The summed E-state index contributed by atoms with van der Waals surface area (Å²) in [5.41, 5.74) is 1.55. The molecule has 1 aromatic carbocycles. The summed E-state index contributed by atoms with van der Waals surface area (Å²) in [6.07, 6.45) is 3.32. The van der Waals surface area contributed by atoms with Crippen LogP contribution in [0, 0.1) is 0 Å². The van der Waals surface area contributed by atoms with Gasteiger partial charge in [-0.2, -0.15) is 0 Å². The van der Waals surface area contributed by atoms with Crippen molar-refractivity contribution in [2.75, 3.05) is 38.6 Å². The molecule has 2 rings (SSSR count). The standard InChI is InChI=1S/C21H32N2O3S/c1-4-23(5-2)14-10-7-11-15-26-19-13-9-8-12-18(19)21(16-27-17-22-21)20(24)25-6-3/h8-9,12-13,17H,4-7,10-11,14-16H2,1-3H3. The van der Waals surface area contributed by atoms with E-state index in [9.17, 15) is 4.79 Å². The molecule has 1 aromatic rings. The van der Waals surface area contributed by atoms with Gasteiger partial charge in [-0.05, 0) is 51.9 Å². The predicted octanol–water partition coefficient (Wildman–Crippen LogP) is 4.11. The summed E-state index contributed by atoms with van der Waals surface area (Å²) in [6, 6.07) is 7.70. The second-order valence-electron chi connectivity index (χ2n) is 6.56. The second-order valence-corrected chi connectivity index (χ2v) is 7.39. The molecule has 1 unspecified atom stereocenters. The molecule has 0 spiro atoms. The smallest absolute Gasteiger partial charge is 0.339 e. The van der Waals surface area contributed by atoms with Gasteiger partial charge in [-0.1, -0.05) is 32.0 Å². The first-order valence-electron chi connectivity index (χ1n) is 9.95. The van der Waals surface area contributed by atoms with E-state index in [1.54, 1.807) is 5.55 Å². The third-order valence-corrected chi connectivity index (χ3v) is 5.70. The van der Waals surface area contributed by atoms with Crippen LogP contribution in [0.3, 0.4) is 0 Å². The topological polar surface area (TPSA) is 51.1 Å². The molecule has 5 nitrogen and oxygen atoms in total. The van der Waals surface area contributed by atoms with Gasteiger partial charge in [0, 0.05) is 11.3 Å². The number of nitrogens with zero attached hydrogens (tertiary/aromatic N) is 2. The van der Waals surface area contributed by atoms with Crippen LogP contribution >= 0.6 is 11.8 Å². The molecule has 1 aliphatic heterocycles. The number of carbonyl (C=O) groups is 1. The number of unbranched alkanes of at least 4 members (excludes halogenated alkanes) is 2. The Balaban J connectivity index is 1.95. The molecular weight excluding hydrogens is 360 g/mol. The van der Waals surface area contributed by atoms with E-state index in [4.69, 9.17) is 9.47 Å². The van der Waals surface area contributed by atoms with Gasteiger partial charge in [0.05, 0.1) is 18.8 Å². The Morgan fingerprint density at radius 1 is 1.19 bits per heavy atom. The maximum Gasteiger partial charge on any atom is 0.339 e. The number of hydrogen-bond donors (Lipinski definition) is 0. The fourth-order valence-electron chi connectivity index (χ4n) is 3.21. The van der Waals surface area contributed by atoms with Crippen LogP contribution in [-0.2, 0) is 15.1 Å². The van der Waals surface area contributed by atoms with Gasteiger partial charge in [-0.15, -0.1) is 11.8 Å². The number of carbonyl (C=O) groups excluding carboxylic acids is 1. The number of para-hydroxylation sites is 1. The lowest BCUT2D eigenvalue weighted by Gasteiger charge is -2.26. The van der Waals surface area contributed by atoms with Crippen molar-refractivity contribution in [1.29, 1.82) is 0 Å². The number of rotatable bonds is 12. The van der Waals surface area contributed by atoms with Gasteiger partial charge >= 0.3 is 5.97 Å². The highest BCUT2D eigenvalue weighted by Crippen LogP contribution is 2.40. The van der Waals surface area contributed by atoms with Crippen molar-refractivity contribution in [2.24, 2.45) is 4.99 Å². The van der Waals surface area contributed by atoms with Crippen molar-refractivity contribution in [3.8, 4) is 5.75 Å². The van der Waals surface area contributed by atoms with Crippen molar-refractivity contribution in [3.05, 3.63) is 29.8 Å². The summed E-state index contributed by atoms with van der Waals surface area (Å²) < 4.78 is 11.4. The zero-order valence-corrected chi connectivity index (χ0v) is 17.6. The first-order valence-corrected chi connectivity index (χ1v) is 11.0. The van der Waals surface area contributed by atoms with Crippen LogP contribution in [0.25, 0.3) is 0 Å². The van der Waals surface area contributed by atoms with Crippen LogP contribution in [0.15, 0.2) is 29.3 Å². The molecule has 0 amide bonds. The molecular formula is C21H32N2O3S. The molecule has 0 radical (unpaired) electrons. The van der Waals surface area contributed by atoms with E-state index in [0.717, 1.165) is 43.8 Å². The Bertz CT molecular complexity index is 619. The molecule has 0 N–H and O–H groups in total. The number of thioether (sulfide) groups is 1. The van der Waals surface area contributed by atoms with Crippen molar-refractivity contribution in [3.63, 3.8) is 0 Å². The maximum absolute atomic E-state index is 12.6. The maximum atomic E-state index is 12.6. The summed E-state index contributed by atoms with van der Waals surface area (Å²) in [4.78, 5) is 19.6. The normalized spacial score (nSPS) is 18.8. The number of hydrogen-bond acceptors (Lipinski definition) is 6. The molecule has 0 aliphatic carbocycles. The molecule has 6 heteroatoms. The minimum absolute atomic E-state index is 0.304. The van der Waals surface area contributed by atoms with Crippen molar-refractivity contribution >= 4 is 23.3 Å². The van der Waals surface area contributed by atoms with Crippen LogP contribution < -0.4 is 4.74 Å². The third kappa shape index (κ3) is 5.72. The minimum Gasteiger partial charge on any atom is -0.493 e. The Morgan fingerprint density at radius 3 is 2.63 bits per heavy atom. The summed E-state index contributed by atoms with van der Waals surface area (Å²) in [7, 11) is 0. The van der Waals surface area contributed by atoms with Crippen LogP contribution in [-0.4, -0.2) is 55.0 Å². The molecule has 1 aliphatic rings. The zero-order valence-electron chi connectivity index (χ0n) is 16.8. The molecule has 0 aromatic heterocycles. The largest absolute Gasteiger partial charge is 0.493 e.